The summed E-state index contributed by atoms with van der Waals surface area (Å²) >= 11 is 0. The number of benzene rings is 2. The summed E-state index contributed by atoms with van der Waals surface area (Å²) in [6, 6.07) is 10.1. The Balaban J connectivity index is 1.24. The van der Waals surface area contributed by atoms with Crippen LogP contribution >= 0.6 is 0 Å². The van der Waals surface area contributed by atoms with Crippen molar-refractivity contribution in [3.63, 3.8) is 0 Å². The Kier molecular flexibility index (Phi) is 7.17. The zero-order chi connectivity index (χ0) is 20.9. The molecule has 2 aromatic carbocycles. The van der Waals surface area contributed by atoms with Crippen molar-refractivity contribution in [1.82, 2.24) is 0 Å². The molecule has 0 radical (unpaired) electrons. The second-order valence-electron chi connectivity index (χ2n) is 9.53. The highest BCUT2D eigenvalue weighted by Crippen LogP contribution is 2.39. The quantitative estimate of drug-likeness (QED) is 0.314. The fourth-order valence-electron chi connectivity index (χ4n) is 5.62. The van der Waals surface area contributed by atoms with E-state index < -0.39 is 17.5 Å². The summed E-state index contributed by atoms with van der Waals surface area (Å²) in [6.45, 7) is 0. The average molecular weight is 415 g/mol. The first-order valence-corrected chi connectivity index (χ1v) is 11.8. The van der Waals surface area contributed by atoms with Gasteiger partial charge in [0.15, 0.2) is 17.5 Å². The third-order valence-electron chi connectivity index (χ3n) is 7.50. The Bertz CT molecular complexity index is 789. The summed E-state index contributed by atoms with van der Waals surface area (Å²) in [5.74, 6) is -1.21. The van der Waals surface area contributed by atoms with Gasteiger partial charge in [-0.2, -0.15) is 0 Å². The highest BCUT2D eigenvalue weighted by molar-refractivity contribution is 5.64. The van der Waals surface area contributed by atoms with E-state index in [1.54, 1.807) is 0 Å². The van der Waals surface area contributed by atoms with E-state index >= 15 is 0 Å². The van der Waals surface area contributed by atoms with Gasteiger partial charge in [0.25, 0.3) is 0 Å². The molecule has 2 aromatic rings. The molecular formula is C27H33F3. The normalized spacial score (nSPS) is 22.5. The molecule has 2 fully saturated rings. The third kappa shape index (κ3) is 5.28. The van der Waals surface area contributed by atoms with Crippen LogP contribution in [0.3, 0.4) is 0 Å². The topological polar surface area (TPSA) is 0 Å². The monoisotopic (exact) mass is 414 g/mol. The maximum absolute atomic E-state index is 13.5. The van der Waals surface area contributed by atoms with E-state index in [0.717, 1.165) is 24.0 Å². The first-order chi connectivity index (χ1) is 14.6. The molecule has 0 saturated heterocycles. The molecule has 0 heterocycles. The predicted octanol–water partition coefficient (Wildman–Crippen LogP) is 8.80. The number of hydrogen-bond acceptors (Lipinski definition) is 0. The van der Waals surface area contributed by atoms with Gasteiger partial charge < -0.3 is 0 Å². The van der Waals surface area contributed by atoms with Crippen molar-refractivity contribution >= 4 is 0 Å². The van der Waals surface area contributed by atoms with Crippen LogP contribution in [0, 0.1) is 29.3 Å². The Morgan fingerprint density at radius 1 is 0.633 bits per heavy atom. The van der Waals surface area contributed by atoms with E-state index in [-0.39, 0.29) is 0 Å². The largest absolute Gasteiger partial charge is 0.204 e. The molecule has 162 valence electrons. The molecule has 0 atom stereocenters. The molecule has 3 heteroatoms. The molecule has 0 aliphatic heterocycles. The van der Waals surface area contributed by atoms with Crippen molar-refractivity contribution in [1.29, 1.82) is 0 Å². The molecule has 2 saturated carbocycles. The summed E-state index contributed by atoms with van der Waals surface area (Å²) in [7, 11) is 0. The molecule has 0 bridgehead atoms. The Labute approximate surface area is 178 Å². The predicted molar refractivity (Wildman–Crippen MR) is 117 cm³/mol. The lowest BCUT2D eigenvalue weighted by Crippen LogP contribution is -2.13. The van der Waals surface area contributed by atoms with E-state index in [9.17, 15) is 13.2 Å². The fourth-order valence-corrected chi connectivity index (χ4v) is 5.62. The maximum atomic E-state index is 13.5. The lowest BCUT2D eigenvalue weighted by atomic mass is 9.77. The first kappa shape index (κ1) is 21.5. The molecule has 0 unspecified atom stereocenters. The van der Waals surface area contributed by atoms with Crippen LogP contribution in [-0.4, -0.2) is 0 Å². The molecule has 0 nitrogen and oxygen atoms in total. The van der Waals surface area contributed by atoms with Crippen LogP contribution in [0.1, 0.15) is 88.5 Å². The number of rotatable bonds is 7. The van der Waals surface area contributed by atoms with Crippen molar-refractivity contribution in [2.45, 2.75) is 83.0 Å². The van der Waals surface area contributed by atoms with Gasteiger partial charge in [-0.25, -0.2) is 13.2 Å². The molecule has 0 amide bonds. The summed E-state index contributed by atoms with van der Waals surface area (Å²) in [5, 5.41) is 0. The summed E-state index contributed by atoms with van der Waals surface area (Å²) in [4.78, 5) is 0. The van der Waals surface area contributed by atoms with Gasteiger partial charge in [0.2, 0.25) is 0 Å². The smallest absolute Gasteiger partial charge is 0.194 e. The van der Waals surface area contributed by atoms with Crippen LogP contribution in [0.15, 0.2) is 36.4 Å². The van der Waals surface area contributed by atoms with Gasteiger partial charge in [-0.05, 0) is 72.3 Å². The minimum atomic E-state index is -1.41. The fraction of sp³-hybridized carbons (Fsp3) is 0.556. The van der Waals surface area contributed by atoms with E-state index in [1.165, 1.54) is 82.6 Å². The second-order valence-corrected chi connectivity index (χ2v) is 9.53. The lowest BCUT2D eigenvalue weighted by Gasteiger charge is -2.29. The highest BCUT2D eigenvalue weighted by atomic mass is 19.2. The van der Waals surface area contributed by atoms with Gasteiger partial charge in [0.1, 0.15) is 0 Å². The first-order valence-electron chi connectivity index (χ1n) is 11.8. The molecule has 0 N–H and O–H groups in total. The third-order valence-corrected chi connectivity index (χ3v) is 7.50. The van der Waals surface area contributed by atoms with Crippen molar-refractivity contribution in [2.75, 3.05) is 0 Å². The molecule has 0 spiro atoms. The Morgan fingerprint density at radius 2 is 1.17 bits per heavy atom. The van der Waals surface area contributed by atoms with Gasteiger partial charge in [0, 0.05) is 0 Å². The highest BCUT2D eigenvalue weighted by Gasteiger charge is 2.22. The summed E-state index contributed by atoms with van der Waals surface area (Å²) in [5.41, 5.74) is 2.40. The van der Waals surface area contributed by atoms with Crippen LogP contribution < -0.4 is 0 Å². The van der Waals surface area contributed by atoms with E-state index in [2.05, 4.69) is 12.1 Å². The van der Waals surface area contributed by atoms with Crippen LogP contribution in [-0.2, 0) is 0 Å². The standard InChI is InChI=1S/C27H33F3/c28-25-17-24(18-26(29)27(25)30)23-15-13-22(14-16-23)21-11-9-20(10-12-21)8-4-3-7-19-5-1-2-6-19/h13-21H,1-12H2. The van der Waals surface area contributed by atoms with Gasteiger partial charge >= 0.3 is 0 Å². The molecule has 4 rings (SSSR count). The van der Waals surface area contributed by atoms with Crippen molar-refractivity contribution in [3.8, 4) is 11.1 Å². The summed E-state index contributed by atoms with van der Waals surface area (Å²) in [6.07, 6.45) is 16.6. The van der Waals surface area contributed by atoms with Gasteiger partial charge in [-0.15, -0.1) is 0 Å². The van der Waals surface area contributed by atoms with Gasteiger partial charge in [-0.1, -0.05) is 75.6 Å². The minimum absolute atomic E-state index is 0.374. The molecule has 2 aliphatic carbocycles. The zero-order valence-electron chi connectivity index (χ0n) is 17.8. The summed E-state index contributed by atoms with van der Waals surface area (Å²) < 4.78 is 40.2. The zero-order valence-corrected chi connectivity index (χ0v) is 17.8. The molecule has 2 aliphatic rings. The van der Waals surface area contributed by atoms with E-state index in [4.69, 9.17) is 0 Å². The number of halogens is 3. The minimum Gasteiger partial charge on any atom is -0.204 e. The number of unbranched alkanes of at least 4 members (excludes halogenated alkanes) is 1. The van der Waals surface area contributed by atoms with Gasteiger partial charge in [-0.3, -0.25) is 0 Å². The average Bonchev–Trinajstić information content (AvgIpc) is 3.29. The molecular weight excluding hydrogens is 381 g/mol. The van der Waals surface area contributed by atoms with Crippen LogP contribution in [0.5, 0.6) is 0 Å². The van der Waals surface area contributed by atoms with Gasteiger partial charge in [0.05, 0.1) is 0 Å². The van der Waals surface area contributed by atoms with Crippen molar-refractivity contribution in [3.05, 3.63) is 59.4 Å². The van der Waals surface area contributed by atoms with Crippen LogP contribution in [0.4, 0.5) is 13.2 Å². The number of hydrogen-bond donors (Lipinski definition) is 0. The second kappa shape index (κ2) is 10.0. The van der Waals surface area contributed by atoms with E-state index in [0.29, 0.717) is 17.0 Å². The maximum Gasteiger partial charge on any atom is 0.194 e. The molecule has 0 aromatic heterocycles. The van der Waals surface area contributed by atoms with Crippen LogP contribution in [0.25, 0.3) is 11.1 Å². The Hall–Kier alpha value is -1.77. The SMILES string of the molecule is Fc1cc(-c2ccc(C3CCC(CCCCC4CCCC4)CC3)cc2)cc(F)c1F. The van der Waals surface area contributed by atoms with Crippen molar-refractivity contribution < 1.29 is 13.2 Å². The Morgan fingerprint density at radius 3 is 1.73 bits per heavy atom. The van der Waals surface area contributed by atoms with Crippen molar-refractivity contribution in [2.24, 2.45) is 11.8 Å². The van der Waals surface area contributed by atoms with E-state index in [1.807, 2.05) is 12.1 Å². The molecule has 30 heavy (non-hydrogen) atoms. The van der Waals surface area contributed by atoms with Crippen LogP contribution in [0.2, 0.25) is 0 Å². The lowest BCUT2D eigenvalue weighted by molar-refractivity contribution is 0.299.